The van der Waals surface area contributed by atoms with Crippen LogP contribution in [0.1, 0.15) is 6.92 Å². The number of aliphatic hydroxyl groups excluding tert-OH is 2. The van der Waals surface area contributed by atoms with Gasteiger partial charge in [0.05, 0.1) is 12.7 Å². The van der Waals surface area contributed by atoms with E-state index in [2.05, 4.69) is 0 Å². The van der Waals surface area contributed by atoms with Crippen LogP contribution in [-0.4, -0.2) is 52.0 Å². The van der Waals surface area contributed by atoms with Crippen molar-refractivity contribution in [1.29, 1.82) is 0 Å². The summed E-state index contributed by atoms with van der Waals surface area (Å²) < 4.78 is 11.0. The Kier molecular flexibility index (Phi) is 6.18. The van der Waals surface area contributed by atoms with Crippen LogP contribution in [0.25, 0.3) is 0 Å². The number of hydrogen-bond donors (Lipinski definition) is 3. The molecular formula is C8H22O5Si2. The molecule has 3 N–H and O–H groups in total. The zero-order valence-corrected chi connectivity index (χ0v) is 11.9. The van der Waals surface area contributed by atoms with Crippen LogP contribution in [-0.2, 0) is 8.54 Å². The molecule has 15 heavy (non-hydrogen) atoms. The molecular weight excluding hydrogens is 232 g/mol. The first-order chi connectivity index (χ1) is 6.78. The van der Waals surface area contributed by atoms with Crippen molar-refractivity contribution in [3.63, 3.8) is 0 Å². The predicted molar refractivity (Wildman–Crippen MR) is 61.9 cm³/mol. The summed E-state index contributed by atoms with van der Waals surface area (Å²) in [5.74, 6) is 0. The van der Waals surface area contributed by atoms with Crippen molar-refractivity contribution in [2.24, 2.45) is 0 Å². The second kappa shape index (κ2) is 6.09. The first kappa shape index (κ1) is 15.2. The molecule has 0 amide bonds. The summed E-state index contributed by atoms with van der Waals surface area (Å²) in [6.45, 7) is 4.92. The fourth-order valence-electron chi connectivity index (χ4n) is 1.41. The van der Waals surface area contributed by atoms with Gasteiger partial charge in [-0.25, -0.2) is 0 Å². The summed E-state index contributed by atoms with van der Waals surface area (Å²) in [5.41, 5.74) is 0. The summed E-state index contributed by atoms with van der Waals surface area (Å²) in [7, 11) is -3.70. The van der Waals surface area contributed by atoms with Gasteiger partial charge in [-0.15, -0.1) is 0 Å². The highest BCUT2D eigenvalue weighted by Crippen LogP contribution is 2.23. The van der Waals surface area contributed by atoms with E-state index in [0.29, 0.717) is 6.04 Å². The lowest BCUT2D eigenvalue weighted by Gasteiger charge is -2.34. The largest absolute Gasteiger partial charge is 0.415 e. The molecule has 0 spiro atoms. The molecule has 0 saturated carbocycles. The lowest BCUT2D eigenvalue weighted by molar-refractivity contribution is 0.0990. The molecule has 0 aliphatic rings. The van der Waals surface area contributed by atoms with Gasteiger partial charge in [0.25, 0.3) is 0 Å². The molecule has 0 bridgehead atoms. The van der Waals surface area contributed by atoms with E-state index >= 15 is 0 Å². The topological polar surface area (TPSA) is 79.2 Å². The maximum Gasteiger partial charge on any atom is 0.331 e. The SMILES string of the molecule is CC[Si](CC(O)CO)(OC)O[Si](C)(C)O. The Morgan fingerprint density at radius 3 is 2.13 bits per heavy atom. The molecule has 0 radical (unpaired) electrons. The van der Waals surface area contributed by atoms with Gasteiger partial charge in [-0.3, -0.25) is 0 Å². The third-order valence-corrected chi connectivity index (χ3v) is 8.50. The highest BCUT2D eigenvalue weighted by Gasteiger charge is 2.42. The maximum atomic E-state index is 9.73. The monoisotopic (exact) mass is 254 g/mol. The van der Waals surface area contributed by atoms with Gasteiger partial charge in [0.15, 0.2) is 0 Å². The Balaban J connectivity index is 4.57. The summed E-state index contributed by atoms with van der Waals surface area (Å²) in [6, 6.07) is 0.922. The van der Waals surface area contributed by atoms with Crippen molar-refractivity contribution in [2.45, 2.75) is 38.2 Å². The van der Waals surface area contributed by atoms with Gasteiger partial charge in [-0.05, 0) is 19.1 Å². The van der Waals surface area contributed by atoms with Crippen molar-refractivity contribution in [1.82, 2.24) is 0 Å². The number of hydrogen-bond acceptors (Lipinski definition) is 5. The molecule has 0 aromatic carbocycles. The van der Waals surface area contributed by atoms with E-state index in [4.69, 9.17) is 13.6 Å². The van der Waals surface area contributed by atoms with Gasteiger partial charge in [-0.1, -0.05) is 6.92 Å². The second-order valence-corrected chi connectivity index (χ2v) is 11.1. The van der Waals surface area contributed by atoms with E-state index in [1.54, 1.807) is 13.1 Å². The summed E-state index contributed by atoms with van der Waals surface area (Å²) >= 11 is 0. The molecule has 7 heteroatoms. The van der Waals surface area contributed by atoms with E-state index in [1.165, 1.54) is 7.11 Å². The maximum absolute atomic E-state index is 9.73. The molecule has 0 aliphatic carbocycles. The van der Waals surface area contributed by atoms with E-state index in [1.807, 2.05) is 6.92 Å². The molecule has 0 aromatic heterocycles. The van der Waals surface area contributed by atoms with Crippen molar-refractivity contribution in [2.75, 3.05) is 13.7 Å². The van der Waals surface area contributed by atoms with Gasteiger partial charge in [0, 0.05) is 13.2 Å². The zero-order chi connectivity index (χ0) is 12.1. The Bertz CT molecular complexity index is 178. The summed E-state index contributed by atoms with van der Waals surface area (Å²) in [5, 5.41) is 18.2. The van der Waals surface area contributed by atoms with Gasteiger partial charge in [0.2, 0.25) is 0 Å². The Morgan fingerprint density at radius 1 is 1.33 bits per heavy atom. The average molecular weight is 254 g/mol. The van der Waals surface area contributed by atoms with Crippen molar-refractivity contribution < 1.29 is 23.5 Å². The molecule has 0 fully saturated rings. The van der Waals surface area contributed by atoms with Gasteiger partial charge in [-0.2, -0.15) is 0 Å². The fraction of sp³-hybridized carbons (Fsp3) is 1.00. The van der Waals surface area contributed by atoms with Crippen LogP contribution < -0.4 is 0 Å². The van der Waals surface area contributed by atoms with Crippen LogP contribution in [0, 0.1) is 0 Å². The standard InChI is InChI=1S/C8H22O5Si2/c1-5-15(12-2,7-8(10)6-9)13-14(3,4)11/h8-11H,5-7H2,1-4H3. The third kappa shape index (κ3) is 5.76. The molecule has 0 heterocycles. The van der Waals surface area contributed by atoms with E-state index in [0.717, 1.165) is 0 Å². The highest BCUT2D eigenvalue weighted by molar-refractivity contribution is 6.79. The van der Waals surface area contributed by atoms with Crippen LogP contribution in [0.15, 0.2) is 0 Å². The smallest absolute Gasteiger partial charge is 0.331 e. The lowest BCUT2D eigenvalue weighted by atomic mass is 10.4. The predicted octanol–water partition coefficient (Wildman–Crippen LogP) is 0.159. The first-order valence-electron chi connectivity index (χ1n) is 5.05. The van der Waals surface area contributed by atoms with Gasteiger partial charge >= 0.3 is 17.1 Å². The van der Waals surface area contributed by atoms with Crippen molar-refractivity contribution in [3.05, 3.63) is 0 Å². The van der Waals surface area contributed by atoms with Crippen LogP contribution in [0.2, 0.25) is 25.2 Å². The Hall–Kier alpha value is 0.234. The molecule has 2 atom stereocenters. The minimum absolute atomic E-state index is 0.285. The number of rotatable bonds is 7. The molecule has 5 nitrogen and oxygen atoms in total. The highest BCUT2D eigenvalue weighted by atomic mass is 28.5. The molecule has 2 unspecified atom stereocenters. The molecule has 0 saturated heterocycles. The second-order valence-electron chi connectivity index (χ2n) is 4.06. The lowest BCUT2D eigenvalue weighted by Crippen LogP contribution is -2.52. The third-order valence-electron chi connectivity index (χ3n) is 2.10. The zero-order valence-electron chi connectivity index (χ0n) is 9.86. The molecule has 0 aliphatic heterocycles. The number of aliphatic hydroxyl groups is 2. The quantitative estimate of drug-likeness (QED) is 0.564. The molecule has 0 rings (SSSR count). The van der Waals surface area contributed by atoms with Crippen LogP contribution in [0.3, 0.4) is 0 Å². The van der Waals surface area contributed by atoms with Gasteiger partial charge in [0.1, 0.15) is 0 Å². The Labute approximate surface area is 93.2 Å². The van der Waals surface area contributed by atoms with Crippen LogP contribution >= 0.6 is 0 Å². The minimum atomic E-state index is -2.67. The normalized spacial score (nSPS) is 18.6. The van der Waals surface area contributed by atoms with Crippen molar-refractivity contribution >= 4 is 17.1 Å². The summed E-state index contributed by atoms with van der Waals surface area (Å²) in [6.07, 6.45) is -0.840. The average Bonchev–Trinajstić information content (AvgIpc) is 2.14. The Morgan fingerprint density at radius 2 is 1.87 bits per heavy atom. The van der Waals surface area contributed by atoms with Crippen molar-refractivity contribution in [3.8, 4) is 0 Å². The van der Waals surface area contributed by atoms with E-state index < -0.39 is 23.2 Å². The van der Waals surface area contributed by atoms with Crippen LogP contribution in [0.5, 0.6) is 0 Å². The summed E-state index contributed by atoms with van der Waals surface area (Å²) in [4.78, 5) is 9.73. The molecule has 92 valence electrons. The van der Waals surface area contributed by atoms with Crippen LogP contribution in [0.4, 0.5) is 0 Å². The minimum Gasteiger partial charge on any atom is -0.415 e. The molecule has 0 aromatic rings. The fourth-order valence-corrected chi connectivity index (χ4v) is 7.88. The first-order valence-corrected chi connectivity index (χ1v) is 10.1. The van der Waals surface area contributed by atoms with E-state index in [9.17, 15) is 9.90 Å². The van der Waals surface area contributed by atoms with E-state index in [-0.39, 0.29) is 12.7 Å². The van der Waals surface area contributed by atoms with Gasteiger partial charge < -0.3 is 23.5 Å².